The molecule has 9 rings (SSSR count). The average Bonchev–Trinajstić information content (AvgIpc) is 4.02. The lowest BCUT2D eigenvalue weighted by molar-refractivity contribution is 0.00578. The Labute approximate surface area is 430 Å². The normalized spacial score (nSPS) is 19.3. The number of nitrogens with zero attached hydrogens (tertiary/aromatic N) is 4. The molecule has 0 unspecified atom stereocenters. The minimum absolute atomic E-state index is 0.0316. The zero-order chi connectivity index (χ0) is 53.5. The van der Waals surface area contributed by atoms with Gasteiger partial charge >= 0.3 is 21.1 Å². The summed E-state index contributed by atoms with van der Waals surface area (Å²) in [7, 11) is -9.90. The molecule has 0 radical (unpaired) electrons. The molecule has 14 nitrogen and oxygen atoms in total. The zero-order valence-corrected chi connectivity index (χ0v) is 45.9. The molecule has 0 atom stereocenters. The van der Waals surface area contributed by atoms with Crippen LogP contribution in [0.15, 0.2) is 99.5 Å². The Morgan fingerprint density at radius 1 is 0.514 bits per heavy atom. The van der Waals surface area contributed by atoms with Crippen LogP contribution in [0.5, 0.6) is 0 Å². The van der Waals surface area contributed by atoms with Crippen LogP contribution in [0.2, 0.25) is 0 Å². The van der Waals surface area contributed by atoms with Gasteiger partial charge in [0.2, 0.25) is 0 Å². The molecule has 0 saturated carbocycles. The zero-order valence-electron chi connectivity index (χ0n) is 42.6. The van der Waals surface area contributed by atoms with Crippen LogP contribution in [-0.4, -0.2) is 79.5 Å². The summed E-state index contributed by atoms with van der Waals surface area (Å²) in [5.74, 6) is -1.56. The molecule has 0 aliphatic carbocycles. The Hall–Kier alpha value is -4.87. The average molecular weight is 1090 g/mol. The van der Waals surface area contributed by atoms with Gasteiger partial charge in [-0.15, -0.1) is 0 Å². The quantitative estimate of drug-likeness (QED) is 0.117. The van der Waals surface area contributed by atoms with Gasteiger partial charge in [0.15, 0.2) is 11.4 Å². The second kappa shape index (κ2) is 18.8. The van der Waals surface area contributed by atoms with Crippen molar-refractivity contribution in [3.05, 3.63) is 135 Å². The van der Waals surface area contributed by atoms with Gasteiger partial charge < -0.3 is 27.9 Å². The van der Waals surface area contributed by atoms with Crippen molar-refractivity contribution in [2.75, 3.05) is 0 Å². The van der Waals surface area contributed by atoms with E-state index in [-0.39, 0.29) is 60.0 Å². The van der Waals surface area contributed by atoms with Crippen LogP contribution in [-0.2, 0) is 48.0 Å². The van der Waals surface area contributed by atoms with E-state index in [9.17, 15) is 21.2 Å². The Bertz CT molecular complexity index is 3340. The van der Waals surface area contributed by atoms with E-state index in [1.54, 1.807) is 24.3 Å². The number of hydrogen-bond donors (Lipinski definition) is 0. The van der Waals surface area contributed by atoms with E-state index in [4.69, 9.17) is 41.1 Å². The van der Waals surface area contributed by atoms with E-state index in [0.29, 0.717) is 15.3 Å². The molecule has 0 spiro atoms. The van der Waals surface area contributed by atoms with Gasteiger partial charge in [-0.2, -0.15) is 0 Å². The minimum atomic E-state index is -4.10. The molecular formula is C50H56B3BrF2N4O10S2. The number of fused-ring (bicyclic) bond motifs is 2. The van der Waals surface area contributed by atoms with Crippen LogP contribution in [0.4, 0.5) is 20.2 Å². The van der Waals surface area contributed by atoms with Gasteiger partial charge in [0, 0.05) is 27.7 Å². The third-order valence-corrected chi connectivity index (χ3v) is 18.3. The van der Waals surface area contributed by atoms with Gasteiger partial charge in [-0.25, -0.2) is 43.3 Å². The van der Waals surface area contributed by atoms with E-state index in [0.717, 1.165) is 31.2 Å². The summed E-state index contributed by atoms with van der Waals surface area (Å²) in [6, 6.07) is 17.6. The van der Waals surface area contributed by atoms with Crippen LogP contribution in [0.25, 0.3) is 31.5 Å². The van der Waals surface area contributed by atoms with Crippen molar-refractivity contribution >= 4 is 95.8 Å². The van der Waals surface area contributed by atoms with Crippen molar-refractivity contribution in [2.24, 2.45) is 0 Å². The molecule has 4 aromatic carbocycles. The molecule has 5 heterocycles. The smallest absolute Gasteiger partial charge is 0.405 e. The first-order chi connectivity index (χ1) is 33.1. The van der Waals surface area contributed by atoms with Crippen LogP contribution in [0, 0.1) is 38.6 Å². The molecule has 0 amide bonds. The first kappa shape index (κ1) is 54.9. The largest absolute Gasteiger partial charge is 0.497 e. The Kier molecular flexibility index (Phi) is 14.3. The van der Waals surface area contributed by atoms with Gasteiger partial charge in [-0.3, -0.25) is 0 Å². The van der Waals surface area contributed by atoms with Gasteiger partial charge in [0.1, 0.15) is 11.6 Å². The van der Waals surface area contributed by atoms with Crippen LogP contribution < -0.4 is 5.46 Å². The van der Waals surface area contributed by atoms with E-state index in [1.165, 1.54) is 48.8 Å². The van der Waals surface area contributed by atoms with Crippen molar-refractivity contribution < 1.29 is 53.5 Å². The number of rotatable bonds is 6. The highest BCUT2D eigenvalue weighted by Crippen LogP contribution is 2.44. The standard InChI is InChI=1S/C22H22BFN2O4S.C16H10BrFN2O2S.C12H24B2O4/c1-14-7-9-16(10-8-14)31(27,28)26-13-18(23-29-21(2,3)22(4,5)30-23)17-11-15(25-6)12-19(24)20(17)26;1-10-3-5-12(6-4-10)23(21,22)20-9-14(17)13-7-11(19-2)8-15(18)16(13)20;1-9(2)10(3,4)16-13(15-9)14-17-11(5,6)12(7,8)18-14/h7-13H,1-5H3;3-9H,1H3;1-8H3. The van der Waals surface area contributed by atoms with Crippen molar-refractivity contribution in [2.45, 2.75) is 140 Å². The number of hydrogen-bond acceptors (Lipinski definition) is 10. The van der Waals surface area contributed by atoms with Crippen molar-refractivity contribution in [3.8, 4) is 0 Å². The fourth-order valence-electron chi connectivity index (χ4n) is 7.83. The van der Waals surface area contributed by atoms with E-state index in [2.05, 4.69) is 25.6 Å². The van der Waals surface area contributed by atoms with Gasteiger partial charge in [0.25, 0.3) is 20.0 Å². The lowest BCUT2D eigenvalue weighted by Gasteiger charge is -2.32. The van der Waals surface area contributed by atoms with Crippen molar-refractivity contribution in [1.29, 1.82) is 0 Å². The summed E-state index contributed by atoms with van der Waals surface area (Å²) in [5.41, 5.74) is -0.635. The van der Waals surface area contributed by atoms with Gasteiger partial charge in [0.05, 0.1) is 67.6 Å². The second-order valence-corrected chi connectivity index (χ2v) is 25.5. The number of benzene rings is 4. The molecule has 6 aromatic rings. The monoisotopic (exact) mass is 1090 g/mol. The predicted octanol–water partition coefficient (Wildman–Crippen LogP) is 11.1. The lowest BCUT2D eigenvalue weighted by Crippen LogP contribution is -2.41. The van der Waals surface area contributed by atoms with Crippen molar-refractivity contribution in [1.82, 2.24) is 7.94 Å². The number of halogens is 3. The van der Waals surface area contributed by atoms with Crippen LogP contribution in [0.3, 0.4) is 0 Å². The molecule has 22 heteroatoms. The maximum absolute atomic E-state index is 15.1. The molecule has 0 bridgehead atoms. The highest BCUT2D eigenvalue weighted by atomic mass is 79.9. The molecule has 3 saturated heterocycles. The maximum atomic E-state index is 15.1. The molecule has 378 valence electrons. The van der Waals surface area contributed by atoms with Gasteiger partial charge in [-0.05, 0) is 167 Å². The summed E-state index contributed by atoms with van der Waals surface area (Å²) in [4.78, 5) is 6.61. The topological polar surface area (TPSA) is 142 Å². The SMILES string of the molecule is CC1(C)OB(B2OC(C)(C)C(C)(C)O2)OC1(C)C.[C-]#[N+]c1cc(F)c2c(c1)c(B1OC(C)(C)C(C)(C)O1)cn2S(=O)(=O)c1ccc(C)cc1.[C-]#[N+]c1cc(F)c2c(c1)c(Br)cn2S(=O)(=O)c1ccc(C)cc1. The number of aromatic nitrogens is 2. The summed E-state index contributed by atoms with van der Waals surface area (Å²) in [6.07, 6.45) is 2.63. The summed E-state index contributed by atoms with van der Waals surface area (Å²) < 4.78 is 120. The molecule has 3 aliphatic heterocycles. The molecule has 72 heavy (non-hydrogen) atoms. The first-order valence-corrected chi connectivity index (χ1v) is 26.6. The Balaban J connectivity index is 0.000000165. The summed E-state index contributed by atoms with van der Waals surface area (Å²) >= 11 is 3.24. The third-order valence-electron chi connectivity index (χ3n) is 14.3. The maximum Gasteiger partial charge on any atom is 0.497 e. The van der Waals surface area contributed by atoms with Gasteiger partial charge in [-0.1, -0.05) is 35.4 Å². The Morgan fingerprint density at radius 3 is 1.19 bits per heavy atom. The molecular weight excluding hydrogens is 1030 g/mol. The molecule has 0 N–H and O–H groups in total. The Morgan fingerprint density at radius 2 is 0.833 bits per heavy atom. The van der Waals surface area contributed by atoms with Crippen LogP contribution in [0.1, 0.15) is 94.2 Å². The van der Waals surface area contributed by atoms with Crippen molar-refractivity contribution in [3.63, 3.8) is 0 Å². The fourth-order valence-corrected chi connectivity index (χ4v) is 11.2. The summed E-state index contributed by atoms with van der Waals surface area (Å²) in [5, 5.41) is 0.604. The lowest BCUT2D eigenvalue weighted by atomic mass is 9.49. The predicted molar refractivity (Wildman–Crippen MR) is 279 cm³/mol. The third kappa shape index (κ3) is 9.94. The molecule has 2 aromatic heterocycles. The highest BCUT2D eigenvalue weighted by Gasteiger charge is 2.64. The highest BCUT2D eigenvalue weighted by molar-refractivity contribution is 9.10. The summed E-state index contributed by atoms with van der Waals surface area (Å²) in [6.45, 7) is 41.7. The van der Waals surface area contributed by atoms with E-state index < -0.39 is 64.0 Å². The van der Waals surface area contributed by atoms with Crippen LogP contribution >= 0.6 is 15.9 Å². The van der Waals surface area contributed by atoms with E-state index in [1.807, 2.05) is 96.9 Å². The number of aryl methyl sites for hydroxylation is 2. The first-order valence-electron chi connectivity index (χ1n) is 22.9. The minimum Gasteiger partial charge on any atom is -0.405 e. The second-order valence-electron chi connectivity index (χ2n) is 21.0. The molecule has 3 aliphatic rings. The van der Waals surface area contributed by atoms with E-state index >= 15 is 4.39 Å². The fraction of sp³-hybridized carbons (Fsp3) is 0.400. The molecule has 3 fully saturated rings.